The topological polar surface area (TPSA) is 134 Å². The molecule has 0 saturated heterocycles. The molecule has 2 rings (SSSR count). The number of esters is 1. The fraction of sp³-hybridized carbons (Fsp3) is 0.590. The molecule has 0 aromatic heterocycles. The number of phenolic OH excluding ortho intramolecular Hbond substituents is 1. The molecule has 2 aromatic rings. The van der Waals surface area contributed by atoms with Crippen molar-refractivity contribution in [3.8, 4) is 5.75 Å². The van der Waals surface area contributed by atoms with Gasteiger partial charge in [0.1, 0.15) is 35.1 Å². The lowest BCUT2D eigenvalue weighted by Crippen LogP contribution is -2.56. The van der Waals surface area contributed by atoms with Gasteiger partial charge in [0.15, 0.2) is 0 Å². The maximum Gasteiger partial charge on any atom is 0.408 e. The number of hydrogen-bond donors (Lipinski definition) is 3. The third-order valence-electron chi connectivity index (χ3n) is 7.97. The summed E-state index contributed by atoms with van der Waals surface area (Å²) in [6, 6.07) is 12.2. The number of nitrogens with zero attached hydrogens (tertiary/aromatic N) is 1. The van der Waals surface area contributed by atoms with E-state index in [4.69, 9.17) is 9.47 Å². The fourth-order valence-electron chi connectivity index (χ4n) is 5.38. The first-order chi connectivity index (χ1) is 23.0. The number of carbonyl (C=O) groups excluding carboxylic acids is 4. The van der Waals surface area contributed by atoms with Crippen molar-refractivity contribution in [2.24, 2.45) is 5.92 Å². The number of benzene rings is 2. The Kier molecular flexibility index (Phi) is 16.1. The second-order valence-corrected chi connectivity index (χ2v) is 14.7. The van der Waals surface area contributed by atoms with Gasteiger partial charge < -0.3 is 30.1 Å². The zero-order valence-corrected chi connectivity index (χ0v) is 31.0. The third kappa shape index (κ3) is 14.5. The SMILES string of the molecule is CCCCCCCN(C(=O)C(NC(=O)OC(C)(C)C)C(C)CC)C(C(=O)NC(Cc1ccccc1)C(=O)OC(C)(C)C)c1cccc(O)c1. The minimum Gasteiger partial charge on any atom is -0.508 e. The zero-order valence-electron chi connectivity index (χ0n) is 31.0. The molecule has 272 valence electrons. The van der Waals surface area contributed by atoms with E-state index in [1.807, 2.05) is 44.2 Å². The molecule has 4 atom stereocenters. The van der Waals surface area contributed by atoms with Gasteiger partial charge in [-0.1, -0.05) is 95.3 Å². The van der Waals surface area contributed by atoms with Crippen LogP contribution in [-0.4, -0.2) is 63.7 Å². The van der Waals surface area contributed by atoms with E-state index in [0.29, 0.717) is 18.4 Å². The van der Waals surface area contributed by atoms with Crippen molar-refractivity contribution in [3.63, 3.8) is 0 Å². The first kappa shape index (κ1) is 41.1. The predicted molar refractivity (Wildman–Crippen MR) is 192 cm³/mol. The lowest BCUT2D eigenvalue weighted by atomic mass is 9.95. The largest absolute Gasteiger partial charge is 0.508 e. The van der Waals surface area contributed by atoms with E-state index in [1.54, 1.807) is 53.7 Å². The summed E-state index contributed by atoms with van der Waals surface area (Å²) in [5, 5.41) is 16.2. The van der Waals surface area contributed by atoms with Crippen LogP contribution in [0, 0.1) is 5.92 Å². The Labute approximate surface area is 293 Å². The van der Waals surface area contributed by atoms with Gasteiger partial charge in [-0.25, -0.2) is 9.59 Å². The quantitative estimate of drug-likeness (QED) is 0.118. The van der Waals surface area contributed by atoms with Crippen LogP contribution in [0.3, 0.4) is 0 Å². The molecule has 0 saturated carbocycles. The minimum atomic E-state index is -1.24. The number of unbranched alkanes of at least 4 members (excludes halogenated alkanes) is 4. The average molecular weight is 682 g/mol. The van der Waals surface area contributed by atoms with Crippen molar-refractivity contribution in [1.29, 1.82) is 0 Å². The van der Waals surface area contributed by atoms with E-state index >= 15 is 0 Å². The summed E-state index contributed by atoms with van der Waals surface area (Å²) < 4.78 is 11.2. The smallest absolute Gasteiger partial charge is 0.408 e. The zero-order chi connectivity index (χ0) is 36.8. The van der Waals surface area contributed by atoms with Gasteiger partial charge >= 0.3 is 12.1 Å². The number of phenols is 1. The molecule has 0 spiro atoms. The van der Waals surface area contributed by atoms with Crippen molar-refractivity contribution < 1.29 is 33.8 Å². The standard InChI is InChI=1S/C39H59N3O7/c1-10-12-13-14-18-24-42(35(45)32(27(3)11-2)41-37(47)49-39(7,8)9)33(29-22-19-23-30(43)26-29)34(44)40-31(36(46)48-38(4,5)6)25-28-20-16-15-17-21-28/h15-17,19-23,26-27,31-33,43H,10-14,18,24-25H2,1-9H3,(H,40,44)(H,41,47). The maximum atomic E-state index is 14.7. The number of alkyl carbamates (subject to hydrolysis) is 1. The monoisotopic (exact) mass is 681 g/mol. The summed E-state index contributed by atoms with van der Waals surface area (Å²) in [4.78, 5) is 57.3. The number of hydrogen-bond acceptors (Lipinski definition) is 7. The molecule has 49 heavy (non-hydrogen) atoms. The summed E-state index contributed by atoms with van der Waals surface area (Å²) in [7, 11) is 0. The highest BCUT2D eigenvalue weighted by Gasteiger charge is 2.39. The molecule has 0 aliphatic carbocycles. The first-order valence-electron chi connectivity index (χ1n) is 17.6. The van der Waals surface area contributed by atoms with Crippen LogP contribution in [0.15, 0.2) is 54.6 Å². The molecule has 0 heterocycles. The number of aromatic hydroxyl groups is 1. The van der Waals surface area contributed by atoms with Gasteiger partial charge in [0.05, 0.1) is 0 Å². The highest BCUT2D eigenvalue weighted by Crippen LogP contribution is 2.28. The van der Waals surface area contributed by atoms with E-state index in [9.17, 15) is 24.3 Å². The van der Waals surface area contributed by atoms with Gasteiger partial charge in [-0.3, -0.25) is 9.59 Å². The lowest BCUT2D eigenvalue weighted by Gasteiger charge is -2.36. The Hall–Kier alpha value is -4.08. The van der Waals surface area contributed by atoms with Gasteiger partial charge in [0, 0.05) is 13.0 Å². The van der Waals surface area contributed by atoms with Gasteiger partial charge in [0.25, 0.3) is 0 Å². The minimum absolute atomic E-state index is 0.0796. The Morgan fingerprint density at radius 2 is 1.45 bits per heavy atom. The van der Waals surface area contributed by atoms with E-state index < -0.39 is 53.2 Å². The van der Waals surface area contributed by atoms with E-state index in [-0.39, 0.29) is 24.6 Å². The van der Waals surface area contributed by atoms with Crippen LogP contribution in [0.25, 0.3) is 0 Å². The Balaban J connectivity index is 2.65. The number of nitrogens with one attached hydrogen (secondary N) is 2. The predicted octanol–water partition coefficient (Wildman–Crippen LogP) is 7.24. The van der Waals surface area contributed by atoms with Gasteiger partial charge in [-0.15, -0.1) is 0 Å². The third-order valence-corrected chi connectivity index (χ3v) is 7.97. The highest BCUT2D eigenvalue weighted by atomic mass is 16.6. The molecule has 0 aliphatic heterocycles. The molecule has 3 N–H and O–H groups in total. The lowest BCUT2D eigenvalue weighted by molar-refractivity contribution is -0.159. The number of ether oxygens (including phenoxy) is 2. The van der Waals surface area contributed by atoms with E-state index in [2.05, 4.69) is 17.6 Å². The Bertz CT molecular complexity index is 1350. The molecule has 0 bridgehead atoms. The van der Waals surface area contributed by atoms with Crippen molar-refractivity contribution in [3.05, 3.63) is 65.7 Å². The van der Waals surface area contributed by atoms with Gasteiger partial charge in [-0.05, 0) is 77.1 Å². The number of carbonyl (C=O) groups is 4. The van der Waals surface area contributed by atoms with Crippen molar-refractivity contribution in [2.75, 3.05) is 6.54 Å². The molecule has 3 amide bonds. The highest BCUT2D eigenvalue weighted by molar-refractivity contribution is 5.94. The first-order valence-corrected chi connectivity index (χ1v) is 17.6. The summed E-state index contributed by atoms with van der Waals surface area (Å²) in [6.07, 6.45) is 4.47. The molecular weight excluding hydrogens is 622 g/mol. The summed E-state index contributed by atoms with van der Waals surface area (Å²) in [6.45, 7) is 16.6. The van der Waals surface area contributed by atoms with Gasteiger partial charge in [-0.2, -0.15) is 0 Å². The number of amides is 3. The van der Waals surface area contributed by atoms with Crippen LogP contribution in [0.5, 0.6) is 5.75 Å². The van der Waals surface area contributed by atoms with E-state index in [0.717, 1.165) is 31.2 Å². The summed E-state index contributed by atoms with van der Waals surface area (Å²) >= 11 is 0. The van der Waals surface area contributed by atoms with Crippen molar-refractivity contribution >= 4 is 23.9 Å². The summed E-state index contributed by atoms with van der Waals surface area (Å²) in [5.74, 6) is -2.07. The van der Waals surface area contributed by atoms with Crippen molar-refractivity contribution in [2.45, 2.75) is 137 Å². The van der Waals surface area contributed by atoms with Crippen LogP contribution in [0.4, 0.5) is 4.79 Å². The molecule has 2 aromatic carbocycles. The average Bonchev–Trinajstić information content (AvgIpc) is 3.00. The van der Waals surface area contributed by atoms with Crippen LogP contribution in [0.1, 0.15) is 118 Å². The summed E-state index contributed by atoms with van der Waals surface area (Å²) in [5.41, 5.74) is -0.415. The van der Waals surface area contributed by atoms with E-state index in [1.165, 1.54) is 17.0 Å². The maximum absolute atomic E-state index is 14.7. The molecule has 10 heteroatoms. The molecule has 0 fully saturated rings. The molecule has 4 unspecified atom stereocenters. The Morgan fingerprint density at radius 1 is 0.816 bits per heavy atom. The van der Waals surface area contributed by atoms with Crippen LogP contribution in [-0.2, 0) is 30.3 Å². The fourth-order valence-corrected chi connectivity index (χ4v) is 5.38. The number of rotatable bonds is 17. The normalized spacial score (nSPS) is 14.1. The van der Waals surface area contributed by atoms with Gasteiger partial charge in [0.2, 0.25) is 11.8 Å². The molecule has 10 nitrogen and oxygen atoms in total. The van der Waals surface area contributed by atoms with Crippen LogP contribution >= 0.6 is 0 Å². The van der Waals surface area contributed by atoms with Crippen LogP contribution < -0.4 is 10.6 Å². The molecular formula is C39H59N3O7. The van der Waals surface area contributed by atoms with Crippen LogP contribution in [0.2, 0.25) is 0 Å². The molecule has 0 aliphatic rings. The second kappa shape index (κ2) is 19.2. The second-order valence-electron chi connectivity index (χ2n) is 14.7. The Morgan fingerprint density at radius 3 is 2.02 bits per heavy atom. The molecule has 0 radical (unpaired) electrons. The van der Waals surface area contributed by atoms with Crippen molar-refractivity contribution in [1.82, 2.24) is 15.5 Å².